The van der Waals surface area contributed by atoms with E-state index < -0.39 is 17.9 Å². The van der Waals surface area contributed by atoms with E-state index in [2.05, 4.69) is 20.7 Å². The van der Waals surface area contributed by atoms with Crippen LogP contribution in [0.4, 0.5) is 14.5 Å². The molecule has 0 fully saturated rings. The molecule has 0 bridgehead atoms. The minimum Gasteiger partial charge on any atom is -0.340 e. The first-order valence-electron chi connectivity index (χ1n) is 7.46. The maximum Gasteiger partial charge on any atom is 0.238 e. The SMILES string of the molecule is Fc1cccc(F)c1C1=C(Nc2ccccc2)N2NC=NC2N=C1Cl. The number of anilines is 1. The Bertz CT molecular complexity index is 890. The Hall–Kier alpha value is -2.93. The molecule has 2 N–H and O–H groups in total. The Balaban J connectivity index is 1.91. The second-order valence-electron chi connectivity index (χ2n) is 5.35. The number of allylic oxidation sites excluding steroid dienone is 1. The van der Waals surface area contributed by atoms with Gasteiger partial charge in [-0.05, 0) is 24.3 Å². The number of benzene rings is 2. The first-order valence-corrected chi connectivity index (χ1v) is 7.84. The predicted octanol–water partition coefficient (Wildman–Crippen LogP) is 3.53. The van der Waals surface area contributed by atoms with Gasteiger partial charge in [0.05, 0.1) is 11.1 Å². The zero-order chi connectivity index (χ0) is 17.4. The summed E-state index contributed by atoms with van der Waals surface area (Å²) in [6.07, 6.45) is 0.809. The largest absolute Gasteiger partial charge is 0.340 e. The third kappa shape index (κ3) is 2.72. The highest BCUT2D eigenvalue weighted by Gasteiger charge is 2.34. The van der Waals surface area contributed by atoms with Crippen molar-refractivity contribution in [2.45, 2.75) is 6.29 Å². The molecule has 0 aliphatic carbocycles. The molecule has 2 aliphatic heterocycles. The number of hydrazine groups is 1. The number of para-hydroxylation sites is 1. The van der Waals surface area contributed by atoms with Gasteiger partial charge in [0.2, 0.25) is 6.29 Å². The molecule has 8 heteroatoms. The standard InChI is InChI=1S/C17H12ClF2N5/c18-15-14(13-11(19)7-4-8-12(13)20)16(23-10-5-2-1-3-6-10)25-17(24-15)21-9-22-25/h1-9,17,23H,(H,21,22). The smallest absolute Gasteiger partial charge is 0.238 e. The van der Waals surface area contributed by atoms with E-state index in [0.29, 0.717) is 5.82 Å². The van der Waals surface area contributed by atoms with Crippen LogP contribution in [0.25, 0.3) is 5.57 Å². The second-order valence-corrected chi connectivity index (χ2v) is 5.71. The molecular formula is C17H12ClF2N5. The molecule has 4 rings (SSSR count). The predicted molar refractivity (Wildman–Crippen MR) is 93.9 cm³/mol. The van der Waals surface area contributed by atoms with E-state index in [-0.39, 0.29) is 16.3 Å². The van der Waals surface area contributed by atoms with E-state index in [4.69, 9.17) is 11.6 Å². The minimum atomic E-state index is -0.728. The Kier molecular flexibility index (Phi) is 3.85. The van der Waals surface area contributed by atoms with Gasteiger partial charge in [-0.3, -0.25) is 5.43 Å². The summed E-state index contributed by atoms with van der Waals surface area (Å²) in [6, 6.07) is 12.9. The number of hydrogen-bond donors (Lipinski definition) is 2. The highest BCUT2D eigenvalue weighted by Crippen LogP contribution is 2.34. The fraction of sp³-hybridized carbons (Fsp3) is 0.0588. The Morgan fingerprint density at radius 3 is 2.48 bits per heavy atom. The summed E-state index contributed by atoms with van der Waals surface area (Å²) in [4.78, 5) is 8.32. The fourth-order valence-electron chi connectivity index (χ4n) is 2.69. The third-order valence-corrected chi connectivity index (χ3v) is 4.08. The second kappa shape index (κ2) is 6.18. The summed E-state index contributed by atoms with van der Waals surface area (Å²) in [7, 11) is 0. The van der Waals surface area contributed by atoms with Crippen LogP contribution in [0.1, 0.15) is 5.56 Å². The van der Waals surface area contributed by atoms with Crippen molar-refractivity contribution >= 4 is 34.4 Å². The average Bonchev–Trinajstić information content (AvgIpc) is 3.06. The zero-order valence-corrected chi connectivity index (χ0v) is 13.5. The molecule has 25 heavy (non-hydrogen) atoms. The maximum absolute atomic E-state index is 14.4. The van der Waals surface area contributed by atoms with Gasteiger partial charge in [-0.2, -0.15) is 0 Å². The van der Waals surface area contributed by atoms with Gasteiger partial charge in [0.15, 0.2) is 0 Å². The van der Waals surface area contributed by atoms with Crippen molar-refractivity contribution in [3.8, 4) is 0 Å². The Morgan fingerprint density at radius 1 is 1.04 bits per heavy atom. The van der Waals surface area contributed by atoms with E-state index in [1.165, 1.54) is 24.5 Å². The van der Waals surface area contributed by atoms with Gasteiger partial charge < -0.3 is 5.32 Å². The highest BCUT2D eigenvalue weighted by molar-refractivity contribution is 6.76. The summed E-state index contributed by atoms with van der Waals surface area (Å²) in [6.45, 7) is 0. The van der Waals surface area contributed by atoms with E-state index in [0.717, 1.165) is 5.69 Å². The molecule has 1 atom stereocenters. The minimum absolute atomic E-state index is 0.0236. The van der Waals surface area contributed by atoms with Crippen molar-refractivity contribution in [1.82, 2.24) is 10.4 Å². The number of fused-ring (bicyclic) bond motifs is 1. The van der Waals surface area contributed by atoms with Gasteiger partial charge in [0.25, 0.3) is 0 Å². The van der Waals surface area contributed by atoms with Gasteiger partial charge >= 0.3 is 0 Å². The lowest BCUT2D eigenvalue weighted by Crippen LogP contribution is -2.43. The van der Waals surface area contributed by atoms with Crippen LogP contribution in [-0.4, -0.2) is 22.8 Å². The summed E-state index contributed by atoms with van der Waals surface area (Å²) in [5, 5.41) is 4.68. The van der Waals surface area contributed by atoms with Crippen LogP contribution in [0.3, 0.4) is 0 Å². The Labute approximate surface area is 147 Å². The maximum atomic E-state index is 14.4. The quantitative estimate of drug-likeness (QED) is 0.881. The normalized spacial score (nSPS) is 18.8. The van der Waals surface area contributed by atoms with E-state index in [1.54, 1.807) is 5.01 Å². The first kappa shape index (κ1) is 15.6. The van der Waals surface area contributed by atoms with Gasteiger partial charge in [0, 0.05) is 5.69 Å². The Morgan fingerprint density at radius 2 is 1.76 bits per heavy atom. The third-order valence-electron chi connectivity index (χ3n) is 3.80. The fourth-order valence-corrected chi connectivity index (χ4v) is 2.96. The topological polar surface area (TPSA) is 52.0 Å². The molecule has 2 aliphatic rings. The van der Waals surface area contributed by atoms with E-state index >= 15 is 0 Å². The van der Waals surface area contributed by atoms with Crippen LogP contribution >= 0.6 is 11.6 Å². The molecule has 0 aromatic heterocycles. The van der Waals surface area contributed by atoms with Gasteiger partial charge in [-0.25, -0.2) is 23.8 Å². The summed E-state index contributed by atoms with van der Waals surface area (Å²) in [5.41, 5.74) is 3.50. The number of hydrogen-bond acceptors (Lipinski definition) is 5. The number of nitrogens with one attached hydrogen (secondary N) is 2. The van der Waals surface area contributed by atoms with Crippen molar-refractivity contribution in [2.75, 3.05) is 5.32 Å². The molecule has 2 aromatic carbocycles. The lowest BCUT2D eigenvalue weighted by molar-refractivity contribution is 0.259. The lowest BCUT2D eigenvalue weighted by atomic mass is 10.0. The van der Waals surface area contributed by atoms with Crippen LogP contribution in [-0.2, 0) is 0 Å². The van der Waals surface area contributed by atoms with Crippen molar-refractivity contribution < 1.29 is 8.78 Å². The number of nitrogens with zero attached hydrogens (tertiary/aromatic N) is 3. The molecule has 0 spiro atoms. The van der Waals surface area contributed by atoms with Crippen molar-refractivity contribution in [2.24, 2.45) is 9.98 Å². The van der Waals surface area contributed by atoms with Crippen molar-refractivity contribution in [3.05, 3.63) is 71.5 Å². The molecule has 0 saturated heterocycles. The molecule has 5 nitrogen and oxygen atoms in total. The highest BCUT2D eigenvalue weighted by atomic mass is 35.5. The molecule has 2 aromatic rings. The monoisotopic (exact) mass is 359 g/mol. The molecule has 126 valence electrons. The first-order chi connectivity index (χ1) is 12.1. The molecule has 0 saturated carbocycles. The van der Waals surface area contributed by atoms with Crippen LogP contribution in [0, 0.1) is 11.6 Å². The molecule has 1 unspecified atom stereocenters. The van der Waals surface area contributed by atoms with Gasteiger partial charge in [0.1, 0.15) is 29.0 Å². The van der Waals surface area contributed by atoms with Crippen LogP contribution in [0.5, 0.6) is 0 Å². The van der Waals surface area contributed by atoms with Gasteiger partial charge in [-0.15, -0.1) is 0 Å². The molecule has 0 radical (unpaired) electrons. The van der Waals surface area contributed by atoms with Gasteiger partial charge in [-0.1, -0.05) is 35.9 Å². The van der Waals surface area contributed by atoms with E-state index in [9.17, 15) is 8.78 Å². The van der Waals surface area contributed by atoms with E-state index in [1.807, 2.05) is 30.3 Å². The summed E-state index contributed by atoms with van der Waals surface area (Å²) < 4.78 is 28.8. The van der Waals surface area contributed by atoms with Crippen molar-refractivity contribution in [3.63, 3.8) is 0 Å². The van der Waals surface area contributed by atoms with Crippen molar-refractivity contribution in [1.29, 1.82) is 0 Å². The lowest BCUT2D eigenvalue weighted by Gasteiger charge is -2.32. The van der Waals surface area contributed by atoms with Crippen LogP contribution in [0.15, 0.2) is 64.3 Å². The molecular weight excluding hydrogens is 348 g/mol. The number of aliphatic imine (C=N–C) groups is 2. The molecule has 2 heterocycles. The zero-order valence-electron chi connectivity index (χ0n) is 12.7. The number of rotatable bonds is 3. The van der Waals surface area contributed by atoms with Crippen LogP contribution < -0.4 is 10.7 Å². The van der Waals surface area contributed by atoms with Crippen LogP contribution in [0.2, 0.25) is 0 Å². The summed E-state index contributed by atoms with van der Waals surface area (Å²) >= 11 is 6.28. The number of halogens is 3. The summed E-state index contributed by atoms with van der Waals surface area (Å²) in [5.74, 6) is -1.10. The molecule has 0 amide bonds. The average molecular weight is 360 g/mol.